The molecule has 6 nitrogen and oxygen atoms in total. The third-order valence-electron chi connectivity index (χ3n) is 4.56. The van der Waals surface area contributed by atoms with Gasteiger partial charge >= 0.3 is 5.97 Å². The molecule has 0 saturated heterocycles. The number of nitrogens with one attached hydrogen (secondary N) is 1. The van der Waals surface area contributed by atoms with Crippen molar-refractivity contribution in [2.24, 2.45) is 0 Å². The first-order chi connectivity index (χ1) is 16.2. The molecule has 0 radical (unpaired) electrons. The summed E-state index contributed by atoms with van der Waals surface area (Å²) < 4.78 is 12.9. The zero-order valence-corrected chi connectivity index (χ0v) is 23.3. The topological polar surface area (TPSA) is 88.4 Å². The average Bonchev–Trinajstić information content (AvgIpc) is 2.81. The van der Waals surface area contributed by atoms with Crippen molar-refractivity contribution in [1.82, 2.24) is 0 Å². The van der Waals surface area contributed by atoms with Gasteiger partial charge < -0.3 is 14.8 Å². The first-order valence-electron chi connectivity index (χ1n) is 9.77. The summed E-state index contributed by atoms with van der Waals surface area (Å²) >= 11 is 8.87. The molecule has 0 heterocycles. The van der Waals surface area contributed by atoms with Crippen LogP contribution in [-0.4, -0.2) is 19.0 Å². The van der Waals surface area contributed by atoms with Crippen LogP contribution in [0.2, 0.25) is 0 Å². The number of aryl methyl sites for hydroxylation is 1. The minimum Gasteiger partial charge on any atom is -0.493 e. The molecule has 9 heteroatoms. The monoisotopic (exact) mass is 694 g/mol. The number of ether oxygens (including phenoxy) is 2. The van der Waals surface area contributed by atoms with E-state index in [1.807, 2.05) is 47.7 Å². The third kappa shape index (κ3) is 6.25. The minimum absolute atomic E-state index is 0.105. The molecule has 0 aliphatic carbocycles. The van der Waals surface area contributed by atoms with Crippen molar-refractivity contribution in [1.29, 1.82) is 5.26 Å². The van der Waals surface area contributed by atoms with Crippen molar-refractivity contribution >= 4 is 78.1 Å². The fourth-order valence-corrected chi connectivity index (χ4v) is 5.31. The van der Waals surface area contributed by atoms with Gasteiger partial charge in [0, 0.05) is 8.95 Å². The smallest absolute Gasteiger partial charge is 0.343 e. The number of methoxy groups -OCH3 is 1. The number of hydrogen-bond acceptors (Lipinski definition) is 5. The van der Waals surface area contributed by atoms with Crippen molar-refractivity contribution in [3.63, 3.8) is 0 Å². The summed E-state index contributed by atoms with van der Waals surface area (Å²) in [4.78, 5) is 25.3. The van der Waals surface area contributed by atoms with E-state index in [1.165, 1.54) is 13.2 Å². The Kier molecular flexibility index (Phi) is 8.88. The summed E-state index contributed by atoms with van der Waals surface area (Å²) in [6.07, 6.45) is 1.44. The van der Waals surface area contributed by atoms with Crippen LogP contribution in [-0.2, 0) is 4.79 Å². The predicted molar refractivity (Wildman–Crippen MR) is 146 cm³/mol. The van der Waals surface area contributed by atoms with E-state index in [1.54, 1.807) is 42.5 Å². The lowest BCUT2D eigenvalue weighted by Crippen LogP contribution is -2.14. The van der Waals surface area contributed by atoms with Gasteiger partial charge in [0.15, 0.2) is 11.5 Å². The Balaban J connectivity index is 1.89. The van der Waals surface area contributed by atoms with Gasteiger partial charge in [-0.15, -0.1) is 0 Å². The van der Waals surface area contributed by atoms with E-state index in [-0.39, 0.29) is 11.3 Å². The highest BCUT2D eigenvalue weighted by Gasteiger charge is 2.18. The molecule has 0 unspecified atom stereocenters. The van der Waals surface area contributed by atoms with Crippen LogP contribution < -0.4 is 14.8 Å². The summed E-state index contributed by atoms with van der Waals surface area (Å²) in [6, 6.07) is 17.5. The van der Waals surface area contributed by atoms with Gasteiger partial charge in [0.05, 0.1) is 21.9 Å². The van der Waals surface area contributed by atoms with Gasteiger partial charge in [0.2, 0.25) is 0 Å². The Morgan fingerprint density at radius 3 is 2.32 bits per heavy atom. The molecule has 0 aliphatic heterocycles. The first-order valence-corrected chi connectivity index (χ1v) is 12.4. The van der Waals surface area contributed by atoms with Gasteiger partial charge in [-0.2, -0.15) is 5.26 Å². The Morgan fingerprint density at radius 2 is 1.74 bits per heavy atom. The largest absolute Gasteiger partial charge is 0.493 e. The Labute approximate surface area is 227 Å². The highest BCUT2D eigenvalue weighted by molar-refractivity contribution is 14.1. The number of hydrogen-bond donors (Lipinski definition) is 1. The van der Waals surface area contributed by atoms with Gasteiger partial charge in [0.1, 0.15) is 11.6 Å². The van der Waals surface area contributed by atoms with Crippen LogP contribution in [0.5, 0.6) is 11.5 Å². The van der Waals surface area contributed by atoms with Crippen LogP contribution >= 0.6 is 54.5 Å². The van der Waals surface area contributed by atoms with E-state index < -0.39 is 11.9 Å². The molecule has 0 fully saturated rings. The standard InChI is InChI=1S/C25H17Br2IN2O4/c1-14-8-18(26)22(19(27)9-14)30-24(31)17(13-29)10-15-11-20(28)23(21(12-15)33-2)34-25(32)16-6-4-3-5-7-16/h3-12H,1-2H3,(H,30,31)/b17-10+. The fourth-order valence-electron chi connectivity index (χ4n) is 2.96. The lowest BCUT2D eigenvalue weighted by atomic mass is 10.1. The molecule has 3 aromatic rings. The van der Waals surface area contributed by atoms with Crippen molar-refractivity contribution in [2.75, 3.05) is 12.4 Å². The molecule has 0 saturated carbocycles. The van der Waals surface area contributed by atoms with E-state index in [0.717, 1.165) is 5.56 Å². The van der Waals surface area contributed by atoms with E-state index in [0.29, 0.717) is 35.1 Å². The van der Waals surface area contributed by atoms with E-state index in [9.17, 15) is 14.9 Å². The maximum atomic E-state index is 12.8. The molecule has 1 amide bonds. The molecule has 0 bridgehead atoms. The molecule has 0 spiro atoms. The lowest BCUT2D eigenvalue weighted by molar-refractivity contribution is -0.112. The summed E-state index contributed by atoms with van der Waals surface area (Å²) in [5, 5.41) is 12.4. The van der Waals surface area contributed by atoms with Crippen LogP contribution in [0.1, 0.15) is 21.5 Å². The van der Waals surface area contributed by atoms with E-state index in [2.05, 4.69) is 37.2 Å². The highest BCUT2D eigenvalue weighted by atomic mass is 127. The van der Waals surface area contributed by atoms with Crippen LogP contribution in [0.25, 0.3) is 6.08 Å². The molecule has 0 aromatic heterocycles. The zero-order valence-electron chi connectivity index (χ0n) is 18.0. The van der Waals surface area contributed by atoms with E-state index >= 15 is 0 Å². The third-order valence-corrected chi connectivity index (χ3v) is 6.61. The Bertz CT molecular complexity index is 1310. The number of rotatable bonds is 6. The van der Waals surface area contributed by atoms with Crippen LogP contribution in [0.3, 0.4) is 0 Å². The quantitative estimate of drug-likeness (QED) is 0.0997. The minimum atomic E-state index is -0.568. The Morgan fingerprint density at radius 1 is 1.09 bits per heavy atom. The second kappa shape index (κ2) is 11.6. The summed E-state index contributed by atoms with van der Waals surface area (Å²) in [5.74, 6) is -0.540. The lowest BCUT2D eigenvalue weighted by Gasteiger charge is -2.13. The summed E-state index contributed by atoms with van der Waals surface area (Å²) in [5.41, 5.74) is 2.36. The SMILES string of the molecule is COc1cc(/C=C(\C#N)C(=O)Nc2c(Br)cc(C)cc2Br)cc(I)c1OC(=O)c1ccccc1. The first kappa shape index (κ1) is 25.9. The normalized spacial score (nSPS) is 10.9. The Hall–Kier alpha value is -2.68. The van der Waals surface area contributed by atoms with Gasteiger partial charge in [-0.05, 0) is 115 Å². The summed E-state index contributed by atoms with van der Waals surface area (Å²) in [6.45, 7) is 1.93. The van der Waals surface area contributed by atoms with Gasteiger partial charge in [-0.1, -0.05) is 18.2 Å². The predicted octanol–water partition coefficient (Wildman–Crippen LogP) is 6.90. The fraction of sp³-hybridized carbons (Fsp3) is 0.0800. The molecule has 1 N–H and O–H groups in total. The number of benzene rings is 3. The molecular weight excluding hydrogens is 679 g/mol. The molecule has 3 aromatic carbocycles. The number of nitrogens with zero attached hydrogens (tertiary/aromatic N) is 1. The maximum absolute atomic E-state index is 12.8. The summed E-state index contributed by atoms with van der Waals surface area (Å²) in [7, 11) is 1.45. The number of carbonyl (C=O) groups is 2. The van der Waals surface area contributed by atoms with Crippen molar-refractivity contribution < 1.29 is 19.1 Å². The van der Waals surface area contributed by atoms with Crippen LogP contribution in [0.4, 0.5) is 5.69 Å². The number of carbonyl (C=O) groups excluding carboxylic acids is 2. The number of anilines is 1. The molecule has 34 heavy (non-hydrogen) atoms. The molecule has 0 aliphatic rings. The van der Waals surface area contributed by atoms with Crippen molar-refractivity contribution in [2.45, 2.75) is 6.92 Å². The van der Waals surface area contributed by atoms with Crippen molar-refractivity contribution in [3.8, 4) is 17.6 Å². The second-order valence-electron chi connectivity index (χ2n) is 7.02. The second-order valence-corrected chi connectivity index (χ2v) is 9.89. The van der Waals surface area contributed by atoms with Gasteiger partial charge in [-0.3, -0.25) is 4.79 Å². The number of nitriles is 1. The van der Waals surface area contributed by atoms with E-state index in [4.69, 9.17) is 9.47 Å². The highest BCUT2D eigenvalue weighted by Crippen LogP contribution is 2.36. The number of esters is 1. The van der Waals surface area contributed by atoms with Crippen LogP contribution in [0.15, 0.2) is 69.1 Å². The molecule has 172 valence electrons. The van der Waals surface area contributed by atoms with Gasteiger partial charge in [0.25, 0.3) is 5.91 Å². The maximum Gasteiger partial charge on any atom is 0.343 e. The van der Waals surface area contributed by atoms with Crippen LogP contribution in [0, 0.1) is 21.8 Å². The number of amides is 1. The molecule has 3 rings (SSSR count). The van der Waals surface area contributed by atoms with Gasteiger partial charge in [-0.25, -0.2) is 4.79 Å². The van der Waals surface area contributed by atoms with Crippen molar-refractivity contribution in [3.05, 3.63) is 89.4 Å². The zero-order chi connectivity index (χ0) is 24.8. The molecular formula is C25H17Br2IN2O4. The number of halogens is 3. The average molecular weight is 696 g/mol. The molecule has 0 atom stereocenters.